The van der Waals surface area contributed by atoms with E-state index in [4.69, 9.17) is 0 Å². The fourth-order valence-corrected chi connectivity index (χ4v) is 3.36. The molecule has 0 radical (unpaired) electrons. The van der Waals surface area contributed by atoms with Crippen molar-refractivity contribution >= 4 is 0 Å². The predicted molar refractivity (Wildman–Crippen MR) is 69.8 cm³/mol. The molecule has 2 rings (SSSR count). The van der Waals surface area contributed by atoms with Crippen molar-refractivity contribution in [3.63, 3.8) is 0 Å². The first-order chi connectivity index (χ1) is 7.90. The minimum absolute atomic E-state index is 0.838. The van der Waals surface area contributed by atoms with Crippen LogP contribution < -0.4 is 5.32 Å². The molecular formula is C14H28N2. The van der Waals surface area contributed by atoms with Gasteiger partial charge < -0.3 is 5.32 Å². The molecule has 0 aromatic heterocycles. The molecule has 1 saturated carbocycles. The highest BCUT2D eigenvalue weighted by molar-refractivity contribution is 4.78. The Bertz CT molecular complexity index is 187. The molecule has 16 heavy (non-hydrogen) atoms. The van der Waals surface area contributed by atoms with Crippen LogP contribution in [0, 0.1) is 0 Å². The van der Waals surface area contributed by atoms with Gasteiger partial charge in [0.05, 0.1) is 0 Å². The maximum absolute atomic E-state index is 3.73. The van der Waals surface area contributed by atoms with Gasteiger partial charge in [-0.05, 0) is 38.6 Å². The van der Waals surface area contributed by atoms with Crippen LogP contribution in [0.2, 0.25) is 0 Å². The number of nitrogens with one attached hydrogen (secondary N) is 1. The Hall–Kier alpha value is -0.0800. The SMILES string of the molecule is CCC1CCCCN1CCNC1CCCC1. The lowest BCUT2D eigenvalue weighted by molar-refractivity contribution is 0.143. The second-order valence-electron chi connectivity index (χ2n) is 5.53. The van der Waals surface area contributed by atoms with Gasteiger partial charge in [-0.15, -0.1) is 0 Å². The molecule has 0 aromatic rings. The zero-order chi connectivity index (χ0) is 11.2. The van der Waals surface area contributed by atoms with E-state index in [2.05, 4.69) is 17.1 Å². The van der Waals surface area contributed by atoms with Gasteiger partial charge in [0, 0.05) is 25.2 Å². The van der Waals surface area contributed by atoms with E-state index in [1.54, 1.807) is 0 Å². The third-order valence-electron chi connectivity index (χ3n) is 4.41. The fourth-order valence-electron chi connectivity index (χ4n) is 3.36. The van der Waals surface area contributed by atoms with Crippen molar-refractivity contribution in [3.8, 4) is 0 Å². The summed E-state index contributed by atoms with van der Waals surface area (Å²) in [6, 6.07) is 1.71. The highest BCUT2D eigenvalue weighted by Gasteiger charge is 2.20. The van der Waals surface area contributed by atoms with Crippen molar-refractivity contribution in [2.75, 3.05) is 19.6 Å². The van der Waals surface area contributed by atoms with Crippen LogP contribution in [0.4, 0.5) is 0 Å². The molecule has 94 valence electrons. The van der Waals surface area contributed by atoms with Crippen LogP contribution in [0.3, 0.4) is 0 Å². The monoisotopic (exact) mass is 224 g/mol. The van der Waals surface area contributed by atoms with E-state index in [0.717, 1.165) is 12.1 Å². The van der Waals surface area contributed by atoms with Gasteiger partial charge in [0.1, 0.15) is 0 Å². The van der Waals surface area contributed by atoms with Crippen molar-refractivity contribution in [2.24, 2.45) is 0 Å². The van der Waals surface area contributed by atoms with Crippen molar-refractivity contribution in [3.05, 3.63) is 0 Å². The Labute approximate surface area is 101 Å². The van der Waals surface area contributed by atoms with E-state index in [1.807, 2.05) is 0 Å². The normalized spacial score (nSPS) is 28.7. The molecule has 0 spiro atoms. The van der Waals surface area contributed by atoms with Gasteiger partial charge >= 0.3 is 0 Å². The first kappa shape index (κ1) is 12.4. The molecule has 2 heteroatoms. The van der Waals surface area contributed by atoms with Gasteiger partial charge in [0.2, 0.25) is 0 Å². The lowest BCUT2D eigenvalue weighted by atomic mass is 10.0. The van der Waals surface area contributed by atoms with Crippen LogP contribution in [0.5, 0.6) is 0 Å². The van der Waals surface area contributed by atoms with Crippen LogP contribution in [-0.4, -0.2) is 36.6 Å². The molecule has 2 nitrogen and oxygen atoms in total. The Balaban J connectivity index is 1.63. The van der Waals surface area contributed by atoms with Crippen molar-refractivity contribution in [2.45, 2.75) is 70.4 Å². The van der Waals surface area contributed by atoms with Crippen molar-refractivity contribution < 1.29 is 0 Å². The maximum Gasteiger partial charge on any atom is 0.0110 e. The van der Waals surface area contributed by atoms with Gasteiger partial charge in [-0.1, -0.05) is 26.2 Å². The quantitative estimate of drug-likeness (QED) is 0.772. The fraction of sp³-hybridized carbons (Fsp3) is 1.00. The highest BCUT2D eigenvalue weighted by atomic mass is 15.2. The van der Waals surface area contributed by atoms with Gasteiger partial charge in [-0.2, -0.15) is 0 Å². The third kappa shape index (κ3) is 3.46. The number of piperidine rings is 1. The second-order valence-corrected chi connectivity index (χ2v) is 5.53. The standard InChI is InChI=1S/C14H28N2/c1-2-14-9-5-6-11-16(14)12-10-15-13-7-3-4-8-13/h13-15H,2-12H2,1H3. The molecule has 1 atom stereocenters. The Kier molecular flexibility index (Phi) is 5.11. The molecule has 0 amide bonds. The maximum atomic E-state index is 3.73. The summed E-state index contributed by atoms with van der Waals surface area (Å²) < 4.78 is 0. The van der Waals surface area contributed by atoms with Gasteiger partial charge in [-0.25, -0.2) is 0 Å². The molecule has 1 aliphatic carbocycles. The summed E-state index contributed by atoms with van der Waals surface area (Å²) in [5.74, 6) is 0. The van der Waals surface area contributed by atoms with Crippen LogP contribution in [0.25, 0.3) is 0 Å². The van der Waals surface area contributed by atoms with Crippen LogP contribution in [0.15, 0.2) is 0 Å². The zero-order valence-corrected chi connectivity index (χ0v) is 10.9. The number of hydrogen-bond donors (Lipinski definition) is 1. The second kappa shape index (κ2) is 6.61. The summed E-state index contributed by atoms with van der Waals surface area (Å²) in [6.45, 7) is 6.16. The molecule has 1 N–H and O–H groups in total. The van der Waals surface area contributed by atoms with Gasteiger partial charge in [0.25, 0.3) is 0 Å². The van der Waals surface area contributed by atoms with E-state index in [-0.39, 0.29) is 0 Å². The molecule has 1 saturated heterocycles. The average molecular weight is 224 g/mol. The summed E-state index contributed by atoms with van der Waals surface area (Å²) in [7, 11) is 0. The van der Waals surface area contributed by atoms with Crippen molar-refractivity contribution in [1.29, 1.82) is 0 Å². The number of likely N-dealkylation sites (tertiary alicyclic amines) is 1. The van der Waals surface area contributed by atoms with Crippen LogP contribution >= 0.6 is 0 Å². The Morgan fingerprint density at radius 2 is 1.81 bits per heavy atom. The minimum atomic E-state index is 0.838. The van der Waals surface area contributed by atoms with E-state index >= 15 is 0 Å². The highest BCUT2D eigenvalue weighted by Crippen LogP contribution is 2.19. The van der Waals surface area contributed by atoms with Gasteiger partial charge in [-0.3, -0.25) is 4.90 Å². The first-order valence-electron chi connectivity index (χ1n) is 7.37. The lowest BCUT2D eigenvalue weighted by Crippen LogP contribution is -2.43. The van der Waals surface area contributed by atoms with Gasteiger partial charge in [0.15, 0.2) is 0 Å². The third-order valence-corrected chi connectivity index (χ3v) is 4.41. The summed E-state index contributed by atoms with van der Waals surface area (Å²) in [4.78, 5) is 2.71. The van der Waals surface area contributed by atoms with E-state index in [9.17, 15) is 0 Å². The summed E-state index contributed by atoms with van der Waals surface area (Å²) in [5.41, 5.74) is 0. The summed E-state index contributed by atoms with van der Waals surface area (Å²) >= 11 is 0. The molecular weight excluding hydrogens is 196 g/mol. The zero-order valence-electron chi connectivity index (χ0n) is 10.9. The smallest absolute Gasteiger partial charge is 0.0110 e. The first-order valence-corrected chi connectivity index (χ1v) is 7.37. The van der Waals surface area contributed by atoms with Crippen LogP contribution in [0.1, 0.15) is 58.3 Å². The number of nitrogens with zero attached hydrogens (tertiary/aromatic N) is 1. The average Bonchev–Trinajstić information content (AvgIpc) is 2.83. The molecule has 0 aromatic carbocycles. The van der Waals surface area contributed by atoms with E-state index in [0.29, 0.717) is 0 Å². The number of rotatable bonds is 5. The van der Waals surface area contributed by atoms with E-state index < -0.39 is 0 Å². The predicted octanol–water partition coefficient (Wildman–Crippen LogP) is 2.78. The van der Waals surface area contributed by atoms with Crippen LogP contribution in [-0.2, 0) is 0 Å². The molecule has 2 fully saturated rings. The topological polar surface area (TPSA) is 15.3 Å². The molecule has 0 bridgehead atoms. The Morgan fingerprint density at radius 3 is 2.56 bits per heavy atom. The molecule has 1 aliphatic heterocycles. The summed E-state index contributed by atoms with van der Waals surface area (Å²) in [6.07, 6.45) is 11.3. The Morgan fingerprint density at radius 1 is 1.06 bits per heavy atom. The number of hydrogen-bond acceptors (Lipinski definition) is 2. The molecule has 2 aliphatic rings. The lowest BCUT2D eigenvalue weighted by Gasteiger charge is -2.35. The van der Waals surface area contributed by atoms with E-state index in [1.165, 1.54) is 71.0 Å². The molecule has 1 heterocycles. The minimum Gasteiger partial charge on any atom is -0.313 e. The van der Waals surface area contributed by atoms with Crippen molar-refractivity contribution in [1.82, 2.24) is 10.2 Å². The molecule has 1 unspecified atom stereocenters. The summed E-state index contributed by atoms with van der Waals surface area (Å²) in [5, 5.41) is 3.73. The largest absolute Gasteiger partial charge is 0.313 e.